The van der Waals surface area contributed by atoms with Crippen molar-refractivity contribution in [2.45, 2.75) is 142 Å². The first-order valence-corrected chi connectivity index (χ1v) is 11.7. The van der Waals surface area contributed by atoms with Crippen LogP contribution in [0.1, 0.15) is 136 Å². The average Bonchev–Trinajstić information content (AvgIpc) is 2.64. The van der Waals surface area contributed by atoms with Gasteiger partial charge in [-0.25, -0.2) is 0 Å². The molecular formula is C23H47NO2. The average molecular weight is 370 g/mol. The Hall–Kier alpha value is -0.570. The van der Waals surface area contributed by atoms with E-state index in [1.54, 1.807) is 0 Å². The predicted octanol–water partition coefficient (Wildman–Crippen LogP) is 6.87. The fraction of sp³-hybridized carbons (Fsp3) is 0.957. The Labute approximate surface area is 163 Å². The van der Waals surface area contributed by atoms with Crippen molar-refractivity contribution in [2.75, 3.05) is 0 Å². The monoisotopic (exact) mass is 369 g/mol. The van der Waals surface area contributed by atoms with Gasteiger partial charge in [0.05, 0.1) is 0 Å². The van der Waals surface area contributed by atoms with Gasteiger partial charge in [-0.05, 0) is 12.8 Å². The molecule has 0 aliphatic carbocycles. The van der Waals surface area contributed by atoms with Crippen molar-refractivity contribution in [3.63, 3.8) is 0 Å². The number of rotatable bonds is 20. The van der Waals surface area contributed by atoms with Gasteiger partial charge in [0.25, 0.3) is 0 Å². The fourth-order valence-electron chi connectivity index (χ4n) is 3.37. The van der Waals surface area contributed by atoms with Crippen LogP contribution in [-0.2, 0) is 4.79 Å². The van der Waals surface area contributed by atoms with Crippen LogP contribution in [0.15, 0.2) is 0 Å². The summed E-state index contributed by atoms with van der Waals surface area (Å²) in [4.78, 5) is 11.5. The molecule has 0 aromatic carbocycles. The predicted molar refractivity (Wildman–Crippen MR) is 113 cm³/mol. The summed E-state index contributed by atoms with van der Waals surface area (Å²) in [5.74, 6) is -0.0136. The molecule has 156 valence electrons. The van der Waals surface area contributed by atoms with Gasteiger partial charge in [0.1, 0.15) is 6.23 Å². The van der Waals surface area contributed by atoms with Crippen LogP contribution in [0.25, 0.3) is 0 Å². The molecular weight excluding hydrogens is 322 g/mol. The molecule has 0 bridgehead atoms. The van der Waals surface area contributed by atoms with Crippen molar-refractivity contribution in [3.8, 4) is 0 Å². The van der Waals surface area contributed by atoms with E-state index in [4.69, 9.17) is 0 Å². The summed E-state index contributed by atoms with van der Waals surface area (Å²) in [5, 5.41) is 11.9. The topological polar surface area (TPSA) is 49.3 Å². The van der Waals surface area contributed by atoms with E-state index in [9.17, 15) is 9.90 Å². The number of carbonyl (C=O) groups excluding carboxylic acids is 1. The van der Waals surface area contributed by atoms with Crippen LogP contribution in [0.5, 0.6) is 0 Å². The van der Waals surface area contributed by atoms with Crippen LogP contribution in [0.2, 0.25) is 0 Å². The zero-order chi connectivity index (χ0) is 19.3. The number of aliphatic hydroxyl groups is 1. The molecule has 0 aliphatic rings. The van der Waals surface area contributed by atoms with Gasteiger partial charge in [-0.15, -0.1) is 0 Å². The lowest BCUT2D eigenvalue weighted by atomic mass is 10.0. The lowest BCUT2D eigenvalue weighted by molar-refractivity contribution is -0.124. The molecule has 2 N–H and O–H groups in total. The molecule has 0 aliphatic heterocycles. The van der Waals surface area contributed by atoms with Crippen molar-refractivity contribution in [1.82, 2.24) is 5.32 Å². The van der Waals surface area contributed by atoms with Gasteiger partial charge in [0.15, 0.2) is 0 Å². The molecule has 3 heteroatoms. The first kappa shape index (κ1) is 25.4. The van der Waals surface area contributed by atoms with E-state index in [2.05, 4.69) is 12.2 Å². The molecule has 0 heterocycles. The number of nitrogens with one attached hydrogen (secondary N) is 1. The highest BCUT2D eigenvalue weighted by Crippen LogP contribution is 2.14. The smallest absolute Gasteiger partial charge is 0.221 e. The zero-order valence-corrected chi connectivity index (χ0v) is 17.9. The third-order valence-corrected chi connectivity index (χ3v) is 5.22. The molecule has 1 amide bonds. The van der Waals surface area contributed by atoms with Gasteiger partial charge in [0, 0.05) is 6.42 Å². The van der Waals surface area contributed by atoms with E-state index in [1.165, 1.54) is 96.3 Å². The second kappa shape index (κ2) is 20.7. The maximum atomic E-state index is 11.5. The molecule has 1 atom stereocenters. The SMILES string of the molecule is CCCCCCCCCCCCCCCCCCCC(=O)NC(O)CC. The third-order valence-electron chi connectivity index (χ3n) is 5.22. The highest BCUT2D eigenvalue weighted by Gasteiger charge is 2.05. The number of aliphatic hydroxyl groups excluding tert-OH is 1. The fourth-order valence-corrected chi connectivity index (χ4v) is 3.37. The van der Waals surface area contributed by atoms with E-state index < -0.39 is 6.23 Å². The summed E-state index contributed by atoms with van der Waals surface area (Å²) in [7, 11) is 0. The third kappa shape index (κ3) is 19.8. The number of hydrogen-bond donors (Lipinski definition) is 2. The first-order chi connectivity index (χ1) is 12.7. The molecule has 1 unspecified atom stereocenters. The van der Waals surface area contributed by atoms with Crippen LogP contribution in [0.3, 0.4) is 0 Å². The molecule has 26 heavy (non-hydrogen) atoms. The van der Waals surface area contributed by atoms with Gasteiger partial charge in [0.2, 0.25) is 5.91 Å². The van der Waals surface area contributed by atoms with Gasteiger partial charge < -0.3 is 10.4 Å². The van der Waals surface area contributed by atoms with Crippen LogP contribution < -0.4 is 5.32 Å². The van der Waals surface area contributed by atoms with Crippen LogP contribution in [0, 0.1) is 0 Å². The molecule has 0 spiro atoms. The van der Waals surface area contributed by atoms with Crippen LogP contribution in [-0.4, -0.2) is 17.2 Å². The molecule has 0 saturated carbocycles. The molecule has 0 radical (unpaired) electrons. The van der Waals surface area contributed by atoms with E-state index in [0.29, 0.717) is 12.8 Å². The molecule has 0 fully saturated rings. The number of carbonyl (C=O) groups is 1. The minimum atomic E-state index is -0.673. The minimum absolute atomic E-state index is 0.0136. The standard InChI is InChI=1S/C23H47NO2/c1-3-5-6-7-8-9-10-11-12-13-14-15-16-17-18-19-20-21-23(26)24-22(25)4-2/h22,25H,3-21H2,1-2H3,(H,24,26). The Morgan fingerprint density at radius 1 is 0.654 bits per heavy atom. The Morgan fingerprint density at radius 3 is 1.35 bits per heavy atom. The van der Waals surface area contributed by atoms with Crippen molar-refractivity contribution in [3.05, 3.63) is 0 Å². The normalized spacial score (nSPS) is 12.3. The second-order valence-corrected chi connectivity index (χ2v) is 7.90. The van der Waals surface area contributed by atoms with Crippen LogP contribution >= 0.6 is 0 Å². The zero-order valence-electron chi connectivity index (χ0n) is 17.9. The van der Waals surface area contributed by atoms with E-state index in [0.717, 1.165) is 12.8 Å². The van der Waals surface area contributed by atoms with Gasteiger partial charge in [-0.2, -0.15) is 0 Å². The van der Waals surface area contributed by atoms with Crippen LogP contribution in [0.4, 0.5) is 0 Å². The summed E-state index contributed by atoms with van der Waals surface area (Å²) in [6.07, 6.45) is 23.4. The van der Waals surface area contributed by atoms with Crippen molar-refractivity contribution < 1.29 is 9.90 Å². The van der Waals surface area contributed by atoms with E-state index in [-0.39, 0.29) is 5.91 Å². The Morgan fingerprint density at radius 2 is 1.00 bits per heavy atom. The van der Waals surface area contributed by atoms with Gasteiger partial charge >= 0.3 is 0 Å². The molecule has 0 saturated heterocycles. The summed E-state index contributed by atoms with van der Waals surface area (Å²) in [5.41, 5.74) is 0. The highest BCUT2D eigenvalue weighted by molar-refractivity contribution is 5.75. The summed E-state index contributed by atoms with van der Waals surface area (Å²) < 4.78 is 0. The number of unbranched alkanes of at least 4 members (excludes halogenated alkanes) is 16. The van der Waals surface area contributed by atoms with Gasteiger partial charge in [-0.1, -0.05) is 117 Å². The van der Waals surface area contributed by atoms with Crippen molar-refractivity contribution in [1.29, 1.82) is 0 Å². The molecule has 0 aromatic rings. The largest absolute Gasteiger partial charge is 0.374 e. The molecule has 0 rings (SSSR count). The summed E-state index contributed by atoms with van der Waals surface area (Å²) >= 11 is 0. The van der Waals surface area contributed by atoms with E-state index in [1.807, 2.05) is 6.92 Å². The Kier molecular flexibility index (Phi) is 20.3. The van der Waals surface area contributed by atoms with Gasteiger partial charge in [-0.3, -0.25) is 4.79 Å². The number of hydrogen-bond acceptors (Lipinski definition) is 2. The maximum absolute atomic E-state index is 11.5. The summed E-state index contributed by atoms with van der Waals surface area (Å²) in [6.45, 7) is 4.14. The van der Waals surface area contributed by atoms with Crippen molar-refractivity contribution in [2.24, 2.45) is 0 Å². The minimum Gasteiger partial charge on any atom is -0.374 e. The Balaban J connectivity index is 3.10. The lowest BCUT2D eigenvalue weighted by Crippen LogP contribution is -2.33. The number of amides is 1. The lowest BCUT2D eigenvalue weighted by Gasteiger charge is -2.10. The van der Waals surface area contributed by atoms with Crippen molar-refractivity contribution >= 4 is 5.91 Å². The molecule has 0 aromatic heterocycles. The first-order valence-electron chi connectivity index (χ1n) is 11.7. The molecule has 3 nitrogen and oxygen atoms in total. The quantitative estimate of drug-likeness (QED) is 0.182. The highest BCUT2D eigenvalue weighted by atomic mass is 16.3. The van der Waals surface area contributed by atoms with E-state index >= 15 is 0 Å². The maximum Gasteiger partial charge on any atom is 0.221 e. The second-order valence-electron chi connectivity index (χ2n) is 7.90. The Bertz CT molecular complexity index is 294. The summed E-state index contributed by atoms with van der Waals surface area (Å²) in [6, 6.07) is 0.